The Morgan fingerprint density at radius 3 is 2.54 bits per heavy atom. The first-order valence-electron chi connectivity index (χ1n) is 13.2. The molecule has 1 spiro atoms. The van der Waals surface area contributed by atoms with Crippen LogP contribution in [0.3, 0.4) is 0 Å². The van der Waals surface area contributed by atoms with Crippen molar-refractivity contribution in [3.05, 3.63) is 82.7 Å². The second-order valence-corrected chi connectivity index (χ2v) is 11.0. The van der Waals surface area contributed by atoms with Crippen molar-refractivity contribution in [2.75, 3.05) is 26.2 Å². The zero-order chi connectivity index (χ0) is 25.6. The third kappa shape index (κ3) is 4.53. The van der Waals surface area contributed by atoms with Crippen molar-refractivity contribution < 1.29 is 9.59 Å². The fourth-order valence-electron chi connectivity index (χ4n) is 6.49. The number of fused-ring (bicyclic) bond motifs is 1. The van der Waals surface area contributed by atoms with E-state index in [0.717, 1.165) is 74.4 Å². The molecule has 2 N–H and O–H groups in total. The molecule has 1 atom stereocenters. The first-order chi connectivity index (χ1) is 17.9. The number of hydrogen-bond donors (Lipinski definition) is 1. The van der Waals surface area contributed by atoms with Crippen molar-refractivity contribution in [1.82, 2.24) is 19.8 Å². The molecule has 1 aliphatic carbocycles. The van der Waals surface area contributed by atoms with Crippen LogP contribution in [0.2, 0.25) is 0 Å². The number of carbonyl (C=O) groups is 2. The molecule has 6 rings (SSSR count). The number of aryl methyl sites for hydroxylation is 2. The minimum atomic E-state index is -0.475. The molecule has 0 radical (unpaired) electrons. The number of amides is 2. The lowest BCUT2D eigenvalue weighted by Gasteiger charge is -2.56. The van der Waals surface area contributed by atoms with Crippen LogP contribution in [0, 0.1) is 12.3 Å². The molecule has 3 heterocycles. The molecule has 2 amide bonds. The summed E-state index contributed by atoms with van der Waals surface area (Å²) in [7, 11) is 0. The van der Waals surface area contributed by atoms with Gasteiger partial charge in [0.25, 0.3) is 0 Å². The van der Waals surface area contributed by atoms with Crippen molar-refractivity contribution in [3.8, 4) is 11.4 Å². The van der Waals surface area contributed by atoms with Crippen LogP contribution in [0.4, 0.5) is 0 Å². The summed E-state index contributed by atoms with van der Waals surface area (Å²) in [5, 5.41) is 0. The van der Waals surface area contributed by atoms with E-state index < -0.39 is 5.91 Å². The fourth-order valence-corrected chi connectivity index (χ4v) is 6.49. The number of piperidine rings is 1. The zero-order valence-electron chi connectivity index (χ0n) is 21.3. The Bertz CT molecular complexity index is 1340. The highest BCUT2D eigenvalue weighted by Gasteiger charge is 2.48. The van der Waals surface area contributed by atoms with E-state index in [1.165, 1.54) is 11.1 Å². The Balaban J connectivity index is 1.05. The highest BCUT2D eigenvalue weighted by atomic mass is 16.2. The Morgan fingerprint density at radius 1 is 1.05 bits per heavy atom. The number of likely N-dealkylation sites (tertiary alicyclic amines) is 2. The summed E-state index contributed by atoms with van der Waals surface area (Å²) in [6, 6.07) is 14.6. The van der Waals surface area contributed by atoms with E-state index >= 15 is 0 Å². The van der Waals surface area contributed by atoms with E-state index in [9.17, 15) is 9.59 Å². The topological polar surface area (TPSA) is 92.4 Å². The Labute approximate surface area is 217 Å². The molecule has 0 unspecified atom stereocenters. The third-order valence-electron chi connectivity index (χ3n) is 8.58. The predicted molar refractivity (Wildman–Crippen MR) is 142 cm³/mol. The van der Waals surface area contributed by atoms with E-state index in [0.29, 0.717) is 17.0 Å². The quantitative estimate of drug-likeness (QED) is 0.583. The van der Waals surface area contributed by atoms with Gasteiger partial charge in [-0.05, 0) is 72.9 Å². The molecule has 2 aliphatic heterocycles. The summed E-state index contributed by atoms with van der Waals surface area (Å²) in [6.45, 7) is 5.70. The number of nitrogens with two attached hydrogens (primary N) is 1. The molecule has 7 nitrogen and oxygen atoms in total. The van der Waals surface area contributed by atoms with Crippen molar-refractivity contribution >= 4 is 11.8 Å². The average Bonchev–Trinajstić information content (AvgIpc) is 3.31. The SMILES string of the molecule is Cc1ccc(CC(=O)N2CCC3(CC2)CN([C@@H]2CCc4cc(-c5ncccn5)ccc42)C3)c(C(N)=O)c1. The molecule has 0 saturated carbocycles. The molecule has 2 saturated heterocycles. The number of aromatic nitrogens is 2. The Hall–Kier alpha value is -3.58. The number of carbonyl (C=O) groups excluding carboxylic acids is 2. The van der Waals surface area contributed by atoms with E-state index in [1.807, 2.05) is 30.0 Å². The molecule has 3 aromatic rings. The molecule has 2 aromatic carbocycles. The number of benzene rings is 2. The predicted octanol–water partition coefficient (Wildman–Crippen LogP) is 3.71. The number of primary amides is 1. The van der Waals surface area contributed by atoms with Gasteiger partial charge in [-0.25, -0.2) is 9.97 Å². The maximum atomic E-state index is 13.0. The number of hydrogen-bond acceptors (Lipinski definition) is 5. The van der Waals surface area contributed by atoms with Gasteiger partial charge < -0.3 is 10.6 Å². The van der Waals surface area contributed by atoms with Gasteiger partial charge >= 0.3 is 0 Å². The zero-order valence-corrected chi connectivity index (χ0v) is 21.3. The first-order valence-corrected chi connectivity index (χ1v) is 13.2. The van der Waals surface area contributed by atoms with Crippen LogP contribution in [0.5, 0.6) is 0 Å². The van der Waals surface area contributed by atoms with Crippen LogP contribution in [-0.4, -0.2) is 57.8 Å². The van der Waals surface area contributed by atoms with Crippen molar-refractivity contribution in [1.29, 1.82) is 0 Å². The molecule has 3 aliphatic rings. The van der Waals surface area contributed by atoms with Gasteiger partial charge in [-0.15, -0.1) is 0 Å². The van der Waals surface area contributed by atoms with E-state index in [1.54, 1.807) is 18.5 Å². The van der Waals surface area contributed by atoms with Gasteiger partial charge in [0.2, 0.25) is 11.8 Å². The van der Waals surface area contributed by atoms with Gasteiger partial charge in [-0.3, -0.25) is 14.5 Å². The summed E-state index contributed by atoms with van der Waals surface area (Å²) in [4.78, 5) is 38.3. The van der Waals surface area contributed by atoms with Crippen LogP contribution in [-0.2, 0) is 17.6 Å². The van der Waals surface area contributed by atoms with E-state index in [4.69, 9.17) is 5.73 Å². The van der Waals surface area contributed by atoms with Crippen LogP contribution in [0.1, 0.15) is 57.9 Å². The van der Waals surface area contributed by atoms with Gasteiger partial charge in [0.05, 0.1) is 6.42 Å². The summed E-state index contributed by atoms with van der Waals surface area (Å²) < 4.78 is 0. The minimum absolute atomic E-state index is 0.0836. The Morgan fingerprint density at radius 2 is 1.81 bits per heavy atom. The summed E-state index contributed by atoms with van der Waals surface area (Å²) in [6.07, 6.45) is 8.14. The van der Waals surface area contributed by atoms with Crippen LogP contribution < -0.4 is 5.73 Å². The normalized spacial score (nSPS) is 20.5. The van der Waals surface area contributed by atoms with Crippen molar-refractivity contribution in [2.24, 2.45) is 11.1 Å². The molecular formula is C30H33N5O2. The van der Waals surface area contributed by atoms with Crippen LogP contribution in [0.25, 0.3) is 11.4 Å². The molecule has 7 heteroatoms. The number of rotatable bonds is 5. The smallest absolute Gasteiger partial charge is 0.249 e. The molecule has 190 valence electrons. The third-order valence-corrected chi connectivity index (χ3v) is 8.58. The van der Waals surface area contributed by atoms with Crippen molar-refractivity contribution in [2.45, 2.75) is 45.1 Å². The molecule has 2 fully saturated rings. The lowest BCUT2D eigenvalue weighted by molar-refractivity contribution is -0.136. The maximum absolute atomic E-state index is 13.0. The maximum Gasteiger partial charge on any atom is 0.249 e. The molecule has 0 bridgehead atoms. The second kappa shape index (κ2) is 9.38. The first kappa shape index (κ1) is 23.8. The van der Waals surface area contributed by atoms with E-state index in [-0.39, 0.29) is 12.3 Å². The fraction of sp³-hybridized carbons (Fsp3) is 0.400. The molecule has 37 heavy (non-hydrogen) atoms. The monoisotopic (exact) mass is 495 g/mol. The standard InChI is InChI=1S/C30H33N5O2/c1-20-3-4-22(25(15-20)28(31)37)17-27(36)34-13-9-30(10-14-34)18-35(19-30)26-8-6-21-16-23(5-7-24(21)26)29-32-11-2-12-33-29/h2-5,7,11-12,15-16,26H,6,8-10,13-14,17-19H2,1H3,(H2,31,37)/t26-/m1/s1. The Kier molecular flexibility index (Phi) is 6.03. The van der Waals surface area contributed by atoms with Gasteiger partial charge in [-0.2, -0.15) is 0 Å². The highest BCUT2D eigenvalue weighted by Crippen LogP contribution is 2.48. The van der Waals surface area contributed by atoms with E-state index in [2.05, 4.69) is 33.1 Å². The van der Waals surface area contributed by atoms with Gasteiger partial charge in [0, 0.05) is 55.7 Å². The average molecular weight is 496 g/mol. The largest absolute Gasteiger partial charge is 0.366 e. The van der Waals surface area contributed by atoms with Crippen LogP contribution >= 0.6 is 0 Å². The van der Waals surface area contributed by atoms with Crippen LogP contribution in [0.15, 0.2) is 54.9 Å². The molecular weight excluding hydrogens is 462 g/mol. The summed E-state index contributed by atoms with van der Waals surface area (Å²) in [5.74, 6) is 0.392. The van der Waals surface area contributed by atoms with Gasteiger partial charge in [-0.1, -0.05) is 29.8 Å². The highest BCUT2D eigenvalue weighted by molar-refractivity contribution is 5.96. The lowest BCUT2D eigenvalue weighted by Crippen LogP contribution is -2.61. The number of nitrogens with zero attached hydrogens (tertiary/aromatic N) is 4. The van der Waals surface area contributed by atoms with Gasteiger partial charge in [0.1, 0.15) is 0 Å². The lowest BCUT2D eigenvalue weighted by atomic mass is 9.71. The van der Waals surface area contributed by atoms with Gasteiger partial charge in [0.15, 0.2) is 5.82 Å². The summed E-state index contributed by atoms with van der Waals surface area (Å²) >= 11 is 0. The molecule has 1 aromatic heterocycles. The minimum Gasteiger partial charge on any atom is -0.366 e. The summed E-state index contributed by atoms with van der Waals surface area (Å²) in [5.41, 5.74) is 12.0. The second-order valence-electron chi connectivity index (χ2n) is 11.0. The van der Waals surface area contributed by atoms with Crippen molar-refractivity contribution in [3.63, 3.8) is 0 Å².